The molecule has 116 valence electrons. The van der Waals surface area contributed by atoms with Gasteiger partial charge >= 0.3 is 0 Å². The van der Waals surface area contributed by atoms with Gasteiger partial charge in [-0.1, -0.05) is 12.1 Å². The minimum atomic E-state index is -3.24. The molecular formula is C14H16N4O3S. The van der Waals surface area contributed by atoms with Crippen LogP contribution >= 0.6 is 0 Å². The van der Waals surface area contributed by atoms with Crippen LogP contribution in [0.3, 0.4) is 0 Å². The summed E-state index contributed by atoms with van der Waals surface area (Å²) in [5.41, 5.74) is 6.43. The van der Waals surface area contributed by atoms with Crippen molar-refractivity contribution < 1.29 is 13.2 Å². The van der Waals surface area contributed by atoms with Crippen LogP contribution in [0.2, 0.25) is 0 Å². The predicted molar refractivity (Wildman–Crippen MR) is 81.9 cm³/mol. The van der Waals surface area contributed by atoms with Crippen molar-refractivity contribution in [3.05, 3.63) is 47.9 Å². The van der Waals surface area contributed by atoms with Crippen molar-refractivity contribution in [2.75, 3.05) is 12.0 Å². The third-order valence-corrected chi connectivity index (χ3v) is 4.23. The highest BCUT2D eigenvalue weighted by molar-refractivity contribution is 7.90. The highest BCUT2D eigenvalue weighted by Gasteiger charge is 2.16. The summed E-state index contributed by atoms with van der Waals surface area (Å²) < 4.78 is 22.8. The van der Waals surface area contributed by atoms with Crippen LogP contribution in [-0.4, -0.2) is 30.5 Å². The maximum absolute atomic E-state index is 12.1. The first kappa shape index (κ1) is 15.9. The van der Waals surface area contributed by atoms with Crippen LogP contribution in [0.15, 0.2) is 41.6 Å². The Morgan fingerprint density at radius 1 is 1.18 bits per heavy atom. The van der Waals surface area contributed by atoms with E-state index < -0.39 is 15.7 Å². The first-order valence-corrected chi connectivity index (χ1v) is 8.35. The second-order valence-electron chi connectivity index (χ2n) is 4.83. The van der Waals surface area contributed by atoms with Crippen molar-refractivity contribution in [2.45, 2.75) is 17.9 Å². The van der Waals surface area contributed by atoms with Crippen molar-refractivity contribution >= 4 is 21.6 Å². The lowest BCUT2D eigenvalue weighted by Gasteiger charge is -2.14. The maximum Gasteiger partial charge on any atom is 0.274 e. The predicted octanol–water partition coefficient (Wildman–Crippen LogP) is 0.953. The molecule has 1 amide bonds. The van der Waals surface area contributed by atoms with Gasteiger partial charge in [0.05, 0.1) is 10.9 Å². The van der Waals surface area contributed by atoms with Gasteiger partial charge in [-0.25, -0.2) is 18.4 Å². The molecule has 2 aromatic rings. The summed E-state index contributed by atoms with van der Waals surface area (Å²) in [5, 5.41) is 2.74. The van der Waals surface area contributed by atoms with Gasteiger partial charge < -0.3 is 11.1 Å². The topological polar surface area (TPSA) is 115 Å². The number of sulfone groups is 1. The number of hydrogen-bond acceptors (Lipinski definition) is 6. The fourth-order valence-electron chi connectivity index (χ4n) is 1.88. The van der Waals surface area contributed by atoms with Gasteiger partial charge in [0, 0.05) is 18.6 Å². The molecule has 22 heavy (non-hydrogen) atoms. The number of benzene rings is 1. The summed E-state index contributed by atoms with van der Waals surface area (Å²) in [6, 6.07) is 5.99. The van der Waals surface area contributed by atoms with Crippen LogP contribution in [0.25, 0.3) is 0 Å². The number of rotatable bonds is 4. The number of aromatic nitrogens is 2. The molecule has 0 aliphatic rings. The number of hydrogen-bond donors (Lipinski definition) is 2. The van der Waals surface area contributed by atoms with E-state index in [1.54, 1.807) is 19.1 Å². The van der Waals surface area contributed by atoms with Crippen molar-refractivity contribution in [1.29, 1.82) is 0 Å². The lowest BCUT2D eigenvalue weighted by Crippen LogP contribution is -2.28. The Hall–Kier alpha value is -2.48. The Bertz CT molecular complexity index is 788. The molecule has 2 rings (SSSR count). The number of anilines is 1. The largest absolute Gasteiger partial charge is 0.382 e. The van der Waals surface area contributed by atoms with Crippen LogP contribution in [0.5, 0.6) is 0 Å². The number of nitrogens with one attached hydrogen (secondary N) is 1. The van der Waals surface area contributed by atoms with E-state index in [2.05, 4.69) is 15.3 Å². The zero-order valence-electron chi connectivity index (χ0n) is 12.1. The SMILES string of the molecule is C[C@H](NC(=O)c1nccnc1N)c1ccc(S(C)(=O)=O)cc1. The lowest BCUT2D eigenvalue weighted by atomic mass is 10.1. The minimum absolute atomic E-state index is 0.0552. The second-order valence-corrected chi connectivity index (χ2v) is 6.84. The molecule has 0 saturated heterocycles. The Morgan fingerprint density at radius 3 is 2.32 bits per heavy atom. The third-order valence-electron chi connectivity index (χ3n) is 3.10. The summed E-state index contributed by atoms with van der Waals surface area (Å²) in [4.78, 5) is 20.0. The number of nitrogen functional groups attached to an aromatic ring is 1. The van der Waals surface area contributed by atoms with Gasteiger partial charge in [0.15, 0.2) is 21.3 Å². The number of nitrogens with two attached hydrogens (primary N) is 1. The molecule has 1 aromatic heterocycles. The molecule has 0 spiro atoms. The Kier molecular flexibility index (Phi) is 4.41. The van der Waals surface area contributed by atoms with E-state index >= 15 is 0 Å². The summed E-state index contributed by atoms with van der Waals surface area (Å²) in [7, 11) is -3.24. The van der Waals surface area contributed by atoms with Crippen LogP contribution in [-0.2, 0) is 9.84 Å². The van der Waals surface area contributed by atoms with Gasteiger partial charge in [-0.15, -0.1) is 0 Å². The summed E-state index contributed by atoms with van der Waals surface area (Å²) in [5.74, 6) is -0.384. The van der Waals surface area contributed by atoms with Gasteiger partial charge in [0.2, 0.25) is 0 Å². The van der Waals surface area contributed by atoms with E-state index in [1.807, 2.05) is 0 Å². The van der Waals surface area contributed by atoms with Crippen molar-refractivity contribution in [1.82, 2.24) is 15.3 Å². The molecule has 1 heterocycles. The molecule has 1 aromatic carbocycles. The Labute approximate surface area is 128 Å². The van der Waals surface area contributed by atoms with E-state index in [1.165, 1.54) is 24.5 Å². The van der Waals surface area contributed by atoms with Crippen LogP contribution in [0, 0.1) is 0 Å². The Balaban J connectivity index is 2.14. The molecule has 0 saturated carbocycles. The molecule has 0 aliphatic heterocycles. The van der Waals surface area contributed by atoms with Crippen LogP contribution in [0.1, 0.15) is 29.0 Å². The minimum Gasteiger partial charge on any atom is -0.382 e. The fraction of sp³-hybridized carbons (Fsp3) is 0.214. The second kappa shape index (κ2) is 6.10. The summed E-state index contributed by atoms with van der Waals surface area (Å²) >= 11 is 0. The fourth-order valence-corrected chi connectivity index (χ4v) is 2.51. The van der Waals surface area contributed by atoms with E-state index in [0.29, 0.717) is 0 Å². The maximum atomic E-state index is 12.1. The van der Waals surface area contributed by atoms with E-state index in [0.717, 1.165) is 11.8 Å². The van der Waals surface area contributed by atoms with Gasteiger partial charge in [0.1, 0.15) is 0 Å². The first-order chi connectivity index (χ1) is 10.3. The van der Waals surface area contributed by atoms with Crippen molar-refractivity contribution in [2.24, 2.45) is 0 Å². The molecule has 7 nitrogen and oxygen atoms in total. The molecule has 8 heteroatoms. The van der Waals surface area contributed by atoms with Crippen molar-refractivity contribution in [3.8, 4) is 0 Å². The summed E-state index contributed by atoms with van der Waals surface area (Å²) in [6.45, 7) is 1.78. The monoisotopic (exact) mass is 320 g/mol. The van der Waals surface area contributed by atoms with Crippen LogP contribution in [0.4, 0.5) is 5.82 Å². The molecule has 0 bridgehead atoms. The zero-order valence-corrected chi connectivity index (χ0v) is 13.0. The average molecular weight is 320 g/mol. The highest BCUT2D eigenvalue weighted by Crippen LogP contribution is 2.17. The van der Waals surface area contributed by atoms with Gasteiger partial charge in [-0.2, -0.15) is 0 Å². The van der Waals surface area contributed by atoms with E-state index in [-0.39, 0.29) is 22.4 Å². The van der Waals surface area contributed by atoms with E-state index in [9.17, 15) is 13.2 Å². The van der Waals surface area contributed by atoms with Gasteiger partial charge in [-0.05, 0) is 24.6 Å². The molecule has 3 N–H and O–H groups in total. The van der Waals surface area contributed by atoms with Gasteiger partial charge in [-0.3, -0.25) is 4.79 Å². The number of amides is 1. The lowest BCUT2D eigenvalue weighted by molar-refractivity contribution is 0.0935. The number of nitrogens with zero attached hydrogens (tertiary/aromatic N) is 2. The van der Waals surface area contributed by atoms with E-state index in [4.69, 9.17) is 5.73 Å². The number of carbonyl (C=O) groups is 1. The molecule has 0 radical (unpaired) electrons. The standard InChI is InChI=1S/C14H16N4O3S/c1-9(10-3-5-11(6-4-10)22(2,20)21)18-14(19)12-13(15)17-8-7-16-12/h3-9H,1-2H3,(H2,15,17)(H,18,19)/t9-/m0/s1. The Morgan fingerprint density at radius 2 is 1.77 bits per heavy atom. The summed E-state index contributed by atoms with van der Waals surface area (Å²) in [6.07, 6.45) is 3.93. The molecule has 0 aliphatic carbocycles. The molecular weight excluding hydrogens is 304 g/mol. The van der Waals surface area contributed by atoms with Gasteiger partial charge in [0.25, 0.3) is 5.91 Å². The van der Waals surface area contributed by atoms with Crippen LogP contribution < -0.4 is 11.1 Å². The number of carbonyl (C=O) groups excluding carboxylic acids is 1. The third kappa shape index (κ3) is 3.59. The quantitative estimate of drug-likeness (QED) is 0.866. The molecule has 0 fully saturated rings. The van der Waals surface area contributed by atoms with Crippen molar-refractivity contribution in [3.63, 3.8) is 0 Å². The smallest absolute Gasteiger partial charge is 0.274 e. The normalized spacial score (nSPS) is 12.6. The highest BCUT2D eigenvalue weighted by atomic mass is 32.2. The first-order valence-electron chi connectivity index (χ1n) is 6.46. The molecule has 0 unspecified atom stereocenters. The average Bonchev–Trinajstić information content (AvgIpc) is 2.46. The zero-order chi connectivity index (χ0) is 16.3. The molecule has 1 atom stereocenters.